The van der Waals surface area contributed by atoms with Crippen LogP contribution < -0.4 is 5.32 Å². The number of thiophene rings is 1. The summed E-state index contributed by atoms with van der Waals surface area (Å²) in [7, 11) is 0. The van der Waals surface area contributed by atoms with Gasteiger partial charge in [0.1, 0.15) is 0 Å². The van der Waals surface area contributed by atoms with Gasteiger partial charge in [-0.25, -0.2) is 0 Å². The van der Waals surface area contributed by atoms with Crippen molar-refractivity contribution >= 4 is 22.9 Å². The van der Waals surface area contributed by atoms with E-state index in [-0.39, 0.29) is 0 Å². The first-order chi connectivity index (χ1) is 8.75. The van der Waals surface area contributed by atoms with Crippen LogP contribution in [0.15, 0.2) is 23.6 Å². The first-order valence-corrected chi connectivity index (χ1v) is 7.58. The van der Waals surface area contributed by atoms with E-state index in [9.17, 15) is 0 Å². The SMILES string of the molecule is Cc1csc(-c2c(Cl)ccc3c2CCNCC3)c1. The van der Waals surface area contributed by atoms with Crippen LogP contribution in [-0.4, -0.2) is 13.1 Å². The molecule has 0 saturated heterocycles. The normalized spacial score (nSPS) is 15.2. The summed E-state index contributed by atoms with van der Waals surface area (Å²) in [6, 6.07) is 6.48. The third-order valence-corrected chi connectivity index (χ3v) is 4.84. The van der Waals surface area contributed by atoms with Crippen LogP contribution in [0.3, 0.4) is 0 Å². The topological polar surface area (TPSA) is 12.0 Å². The maximum atomic E-state index is 6.44. The average molecular weight is 278 g/mol. The summed E-state index contributed by atoms with van der Waals surface area (Å²) < 4.78 is 0. The van der Waals surface area contributed by atoms with Gasteiger partial charge in [0.05, 0.1) is 0 Å². The van der Waals surface area contributed by atoms with Crippen molar-refractivity contribution < 1.29 is 0 Å². The molecule has 1 aromatic carbocycles. The molecule has 0 unspecified atom stereocenters. The van der Waals surface area contributed by atoms with Gasteiger partial charge >= 0.3 is 0 Å². The lowest BCUT2D eigenvalue weighted by atomic mass is 9.96. The first kappa shape index (κ1) is 12.2. The second-order valence-electron chi connectivity index (χ2n) is 4.80. The average Bonchev–Trinajstić information content (AvgIpc) is 2.63. The van der Waals surface area contributed by atoms with E-state index in [2.05, 4.69) is 35.8 Å². The zero-order valence-corrected chi connectivity index (χ0v) is 12.0. The molecule has 0 spiro atoms. The summed E-state index contributed by atoms with van der Waals surface area (Å²) in [5.74, 6) is 0. The van der Waals surface area contributed by atoms with Crippen molar-refractivity contribution in [1.82, 2.24) is 5.32 Å². The summed E-state index contributed by atoms with van der Waals surface area (Å²) in [6.07, 6.45) is 2.17. The Labute approximate surface area is 117 Å². The monoisotopic (exact) mass is 277 g/mol. The Balaban J connectivity index is 2.18. The molecule has 0 radical (unpaired) electrons. The lowest BCUT2D eigenvalue weighted by molar-refractivity contribution is 0.711. The molecule has 1 aliphatic heterocycles. The molecule has 1 aliphatic rings. The van der Waals surface area contributed by atoms with Gasteiger partial charge in [0, 0.05) is 15.5 Å². The summed E-state index contributed by atoms with van der Waals surface area (Å²) >= 11 is 8.24. The number of halogens is 1. The Morgan fingerprint density at radius 2 is 2.06 bits per heavy atom. The van der Waals surface area contributed by atoms with Crippen LogP contribution in [0.5, 0.6) is 0 Å². The lowest BCUT2D eigenvalue weighted by Gasteiger charge is -2.12. The number of nitrogens with one attached hydrogen (secondary N) is 1. The van der Waals surface area contributed by atoms with Crippen molar-refractivity contribution in [3.63, 3.8) is 0 Å². The molecule has 0 bridgehead atoms. The highest BCUT2D eigenvalue weighted by Crippen LogP contribution is 2.37. The van der Waals surface area contributed by atoms with E-state index >= 15 is 0 Å². The van der Waals surface area contributed by atoms with Gasteiger partial charge in [0.15, 0.2) is 0 Å². The highest BCUT2D eigenvalue weighted by Gasteiger charge is 2.16. The van der Waals surface area contributed by atoms with Gasteiger partial charge in [0.25, 0.3) is 0 Å². The molecule has 0 atom stereocenters. The molecule has 1 N–H and O–H groups in total. The zero-order chi connectivity index (χ0) is 12.5. The summed E-state index contributed by atoms with van der Waals surface area (Å²) in [5.41, 5.74) is 5.46. The fraction of sp³-hybridized carbons (Fsp3) is 0.333. The van der Waals surface area contributed by atoms with E-state index < -0.39 is 0 Å². The van der Waals surface area contributed by atoms with Crippen molar-refractivity contribution in [3.8, 4) is 10.4 Å². The van der Waals surface area contributed by atoms with E-state index in [0.717, 1.165) is 31.0 Å². The fourth-order valence-electron chi connectivity index (χ4n) is 2.57. The van der Waals surface area contributed by atoms with Crippen LogP contribution in [0.2, 0.25) is 5.02 Å². The summed E-state index contributed by atoms with van der Waals surface area (Å²) in [6.45, 7) is 4.25. The molecular formula is C15H16ClNS. The standard InChI is InChI=1S/C15H16ClNS/c1-10-8-14(18-9-10)15-12-5-7-17-6-4-11(12)2-3-13(15)16/h2-3,8-9,17H,4-7H2,1H3. The molecule has 0 fully saturated rings. The maximum Gasteiger partial charge on any atom is 0.0495 e. The van der Waals surface area contributed by atoms with Gasteiger partial charge in [-0.2, -0.15) is 0 Å². The number of aryl methyl sites for hydroxylation is 1. The van der Waals surface area contributed by atoms with Crippen molar-refractivity contribution in [2.75, 3.05) is 13.1 Å². The molecule has 2 heterocycles. The number of rotatable bonds is 1. The predicted octanol–water partition coefficient (Wildman–Crippen LogP) is 4.07. The third kappa shape index (κ3) is 2.20. The maximum absolute atomic E-state index is 6.44. The minimum absolute atomic E-state index is 0.887. The van der Waals surface area contributed by atoms with E-state index in [1.807, 2.05) is 0 Å². The Morgan fingerprint density at radius 1 is 1.22 bits per heavy atom. The van der Waals surface area contributed by atoms with E-state index in [0.29, 0.717) is 0 Å². The molecule has 94 valence electrons. The fourth-order valence-corrected chi connectivity index (χ4v) is 3.89. The highest BCUT2D eigenvalue weighted by molar-refractivity contribution is 7.13. The minimum Gasteiger partial charge on any atom is -0.316 e. The van der Waals surface area contributed by atoms with Gasteiger partial charge in [-0.05, 0) is 67.1 Å². The number of hydrogen-bond donors (Lipinski definition) is 1. The number of hydrogen-bond acceptors (Lipinski definition) is 2. The molecular weight excluding hydrogens is 262 g/mol. The van der Waals surface area contributed by atoms with Crippen molar-refractivity contribution in [3.05, 3.63) is 45.3 Å². The van der Waals surface area contributed by atoms with Crippen LogP contribution in [0.4, 0.5) is 0 Å². The van der Waals surface area contributed by atoms with Crippen LogP contribution in [0.1, 0.15) is 16.7 Å². The highest BCUT2D eigenvalue weighted by atomic mass is 35.5. The Morgan fingerprint density at radius 3 is 2.83 bits per heavy atom. The van der Waals surface area contributed by atoms with Crippen molar-refractivity contribution in [2.45, 2.75) is 19.8 Å². The molecule has 3 heteroatoms. The largest absolute Gasteiger partial charge is 0.316 e. The zero-order valence-electron chi connectivity index (χ0n) is 10.4. The first-order valence-electron chi connectivity index (χ1n) is 6.32. The van der Waals surface area contributed by atoms with Gasteiger partial charge < -0.3 is 5.32 Å². The van der Waals surface area contributed by atoms with Crippen LogP contribution in [0.25, 0.3) is 10.4 Å². The molecule has 18 heavy (non-hydrogen) atoms. The van der Waals surface area contributed by atoms with Gasteiger partial charge in [-0.1, -0.05) is 17.7 Å². The molecule has 1 aromatic heterocycles. The molecule has 0 aliphatic carbocycles. The second kappa shape index (κ2) is 5.04. The lowest BCUT2D eigenvalue weighted by Crippen LogP contribution is -2.16. The van der Waals surface area contributed by atoms with Crippen LogP contribution >= 0.6 is 22.9 Å². The molecule has 1 nitrogen and oxygen atoms in total. The van der Waals surface area contributed by atoms with Gasteiger partial charge in [-0.3, -0.25) is 0 Å². The summed E-state index contributed by atoms with van der Waals surface area (Å²) in [5, 5.41) is 6.54. The minimum atomic E-state index is 0.887. The smallest absolute Gasteiger partial charge is 0.0495 e. The molecule has 2 aromatic rings. The second-order valence-corrected chi connectivity index (χ2v) is 6.12. The van der Waals surface area contributed by atoms with E-state index in [4.69, 9.17) is 11.6 Å². The van der Waals surface area contributed by atoms with Gasteiger partial charge in [-0.15, -0.1) is 11.3 Å². The Kier molecular flexibility index (Phi) is 3.42. The molecule has 0 amide bonds. The van der Waals surface area contributed by atoms with E-state index in [1.165, 1.54) is 27.1 Å². The Hall–Kier alpha value is -0.830. The van der Waals surface area contributed by atoms with E-state index in [1.54, 1.807) is 11.3 Å². The number of benzene rings is 1. The predicted molar refractivity (Wildman–Crippen MR) is 79.8 cm³/mol. The third-order valence-electron chi connectivity index (χ3n) is 3.46. The summed E-state index contributed by atoms with van der Waals surface area (Å²) in [4.78, 5) is 1.30. The molecule has 0 saturated carbocycles. The van der Waals surface area contributed by atoms with Crippen LogP contribution in [-0.2, 0) is 12.8 Å². The Bertz CT molecular complexity index is 574. The number of fused-ring (bicyclic) bond motifs is 1. The van der Waals surface area contributed by atoms with Crippen LogP contribution in [0, 0.1) is 6.92 Å². The van der Waals surface area contributed by atoms with Crippen molar-refractivity contribution in [2.24, 2.45) is 0 Å². The quantitative estimate of drug-likeness (QED) is 0.829. The van der Waals surface area contributed by atoms with Gasteiger partial charge in [0.2, 0.25) is 0 Å². The van der Waals surface area contributed by atoms with Crippen molar-refractivity contribution in [1.29, 1.82) is 0 Å². The molecule has 3 rings (SSSR count).